The zero-order valence-electron chi connectivity index (χ0n) is 7.38. The molecule has 0 heterocycles. The molecule has 0 spiro atoms. The molecule has 1 N–H and O–H groups in total. The monoisotopic (exact) mass is 234 g/mol. The van der Waals surface area contributed by atoms with Crippen LogP contribution in [-0.4, -0.2) is 24.6 Å². The van der Waals surface area contributed by atoms with Gasteiger partial charge in [0, 0.05) is 5.02 Å². The van der Waals surface area contributed by atoms with Gasteiger partial charge < -0.3 is 9.84 Å². The summed E-state index contributed by atoms with van der Waals surface area (Å²) >= 11 is 11.5. The lowest BCUT2D eigenvalue weighted by molar-refractivity contribution is 0.0900. The molecule has 0 unspecified atom stereocenters. The fourth-order valence-electron chi connectivity index (χ4n) is 1.06. The number of Topliss-reactive ketones (excluding diaryl/α,β-unsaturated/α-hetero) is 1. The van der Waals surface area contributed by atoms with Crippen LogP contribution in [0.15, 0.2) is 12.1 Å². The van der Waals surface area contributed by atoms with Gasteiger partial charge in [-0.2, -0.15) is 0 Å². The van der Waals surface area contributed by atoms with E-state index in [9.17, 15) is 4.79 Å². The number of ether oxygens (including phenoxy) is 1. The standard InChI is InChI=1S/C9H8Cl2O3/c1-14-9-6(8(13)4-12)2-5(10)3-7(9)11/h2-3,12H,4H2,1H3. The lowest BCUT2D eigenvalue weighted by atomic mass is 10.1. The minimum Gasteiger partial charge on any atom is -0.494 e. The highest BCUT2D eigenvalue weighted by atomic mass is 35.5. The number of hydrogen-bond acceptors (Lipinski definition) is 3. The maximum absolute atomic E-state index is 11.3. The Morgan fingerprint density at radius 1 is 1.50 bits per heavy atom. The van der Waals surface area contributed by atoms with Crippen LogP contribution in [-0.2, 0) is 0 Å². The summed E-state index contributed by atoms with van der Waals surface area (Å²) in [5.74, 6) is -0.249. The Kier molecular flexibility index (Phi) is 3.75. The van der Waals surface area contributed by atoms with Crippen LogP contribution in [0.25, 0.3) is 0 Å². The number of benzene rings is 1. The molecule has 0 fully saturated rings. The van der Waals surface area contributed by atoms with E-state index in [1.807, 2.05) is 0 Å². The largest absolute Gasteiger partial charge is 0.494 e. The Balaban J connectivity index is 3.32. The van der Waals surface area contributed by atoms with E-state index in [4.69, 9.17) is 33.0 Å². The Morgan fingerprint density at radius 3 is 2.64 bits per heavy atom. The van der Waals surface area contributed by atoms with E-state index in [0.717, 1.165) is 0 Å². The van der Waals surface area contributed by atoms with Crippen LogP contribution in [0.2, 0.25) is 10.0 Å². The minimum atomic E-state index is -0.604. The molecule has 3 nitrogen and oxygen atoms in total. The number of hydrogen-bond donors (Lipinski definition) is 1. The van der Waals surface area contributed by atoms with E-state index in [-0.39, 0.29) is 16.3 Å². The fourth-order valence-corrected chi connectivity index (χ4v) is 1.63. The quantitative estimate of drug-likeness (QED) is 0.816. The van der Waals surface area contributed by atoms with Gasteiger partial charge in [0.25, 0.3) is 0 Å². The number of halogens is 2. The fraction of sp³-hybridized carbons (Fsp3) is 0.222. The smallest absolute Gasteiger partial charge is 0.191 e. The van der Waals surface area contributed by atoms with Gasteiger partial charge in [-0.1, -0.05) is 23.2 Å². The molecule has 0 atom stereocenters. The van der Waals surface area contributed by atoms with Crippen LogP contribution in [0.3, 0.4) is 0 Å². The van der Waals surface area contributed by atoms with Gasteiger partial charge in [-0.15, -0.1) is 0 Å². The number of ketones is 1. The SMILES string of the molecule is COc1c(Cl)cc(Cl)cc1C(=O)CO. The molecule has 0 bridgehead atoms. The van der Waals surface area contributed by atoms with Crippen LogP contribution >= 0.6 is 23.2 Å². The molecule has 0 amide bonds. The Hall–Kier alpha value is -0.770. The van der Waals surface area contributed by atoms with Crippen molar-refractivity contribution in [3.8, 4) is 5.75 Å². The van der Waals surface area contributed by atoms with Crippen molar-refractivity contribution in [3.63, 3.8) is 0 Å². The summed E-state index contributed by atoms with van der Waals surface area (Å²) < 4.78 is 4.93. The predicted molar refractivity (Wildman–Crippen MR) is 54.4 cm³/mol. The Bertz CT molecular complexity index is 363. The van der Waals surface area contributed by atoms with Crippen molar-refractivity contribution < 1.29 is 14.6 Å². The molecule has 1 aromatic carbocycles. The molecule has 0 aliphatic rings. The van der Waals surface area contributed by atoms with E-state index in [0.29, 0.717) is 5.02 Å². The number of aliphatic hydroxyl groups is 1. The van der Waals surface area contributed by atoms with Gasteiger partial charge >= 0.3 is 0 Å². The summed E-state index contributed by atoms with van der Waals surface area (Å²) in [6.07, 6.45) is 0. The van der Waals surface area contributed by atoms with Gasteiger partial charge in [-0.05, 0) is 12.1 Å². The summed E-state index contributed by atoms with van der Waals surface area (Å²) in [6, 6.07) is 2.88. The molecule has 0 aliphatic carbocycles. The average Bonchev–Trinajstić information content (AvgIpc) is 2.15. The van der Waals surface area contributed by atoms with Crippen molar-refractivity contribution in [1.82, 2.24) is 0 Å². The third-order valence-electron chi connectivity index (χ3n) is 1.66. The second-order valence-corrected chi connectivity index (χ2v) is 3.39. The number of rotatable bonds is 3. The molecular weight excluding hydrogens is 227 g/mol. The molecule has 0 aliphatic heterocycles. The molecule has 0 aromatic heterocycles. The van der Waals surface area contributed by atoms with Crippen molar-refractivity contribution in [2.45, 2.75) is 0 Å². The molecule has 0 saturated heterocycles. The molecule has 14 heavy (non-hydrogen) atoms. The molecule has 76 valence electrons. The van der Waals surface area contributed by atoms with E-state index < -0.39 is 12.4 Å². The zero-order valence-corrected chi connectivity index (χ0v) is 8.89. The lowest BCUT2D eigenvalue weighted by Gasteiger charge is -2.08. The van der Waals surface area contributed by atoms with Crippen molar-refractivity contribution >= 4 is 29.0 Å². The van der Waals surface area contributed by atoms with Crippen LogP contribution in [0, 0.1) is 0 Å². The summed E-state index contributed by atoms with van der Waals surface area (Å²) in [5.41, 5.74) is 0.188. The first-order valence-electron chi connectivity index (χ1n) is 3.77. The third kappa shape index (κ3) is 2.18. The average molecular weight is 235 g/mol. The van der Waals surface area contributed by atoms with Crippen molar-refractivity contribution in [1.29, 1.82) is 0 Å². The van der Waals surface area contributed by atoms with E-state index in [2.05, 4.69) is 0 Å². The zero-order chi connectivity index (χ0) is 10.7. The first-order valence-corrected chi connectivity index (χ1v) is 4.52. The second kappa shape index (κ2) is 4.64. The normalized spacial score (nSPS) is 10.0. The topological polar surface area (TPSA) is 46.5 Å². The van der Waals surface area contributed by atoms with Gasteiger partial charge in [0.2, 0.25) is 0 Å². The molecule has 1 aromatic rings. The first kappa shape index (κ1) is 11.3. The molecule has 0 saturated carbocycles. The van der Waals surface area contributed by atoms with Crippen LogP contribution in [0.5, 0.6) is 5.75 Å². The number of carbonyl (C=O) groups excluding carboxylic acids is 1. The summed E-state index contributed by atoms with van der Waals surface area (Å²) in [7, 11) is 1.39. The number of carbonyl (C=O) groups is 1. The molecule has 1 rings (SSSR count). The third-order valence-corrected chi connectivity index (χ3v) is 2.16. The van der Waals surface area contributed by atoms with Crippen LogP contribution in [0.4, 0.5) is 0 Å². The maximum atomic E-state index is 11.3. The lowest BCUT2D eigenvalue weighted by Crippen LogP contribution is -2.06. The molecular formula is C9H8Cl2O3. The van der Waals surface area contributed by atoms with Gasteiger partial charge in [0.05, 0.1) is 17.7 Å². The Labute approximate surface area is 91.2 Å². The highest BCUT2D eigenvalue weighted by Crippen LogP contribution is 2.32. The highest BCUT2D eigenvalue weighted by Gasteiger charge is 2.15. The number of aliphatic hydroxyl groups excluding tert-OH is 1. The highest BCUT2D eigenvalue weighted by molar-refractivity contribution is 6.36. The molecule has 5 heteroatoms. The second-order valence-electron chi connectivity index (χ2n) is 2.55. The number of methoxy groups -OCH3 is 1. The van der Waals surface area contributed by atoms with Crippen molar-refractivity contribution in [2.24, 2.45) is 0 Å². The van der Waals surface area contributed by atoms with E-state index >= 15 is 0 Å². The van der Waals surface area contributed by atoms with Crippen LogP contribution < -0.4 is 4.74 Å². The van der Waals surface area contributed by atoms with Gasteiger partial charge in [-0.3, -0.25) is 4.79 Å². The van der Waals surface area contributed by atoms with Crippen molar-refractivity contribution in [2.75, 3.05) is 13.7 Å². The summed E-state index contributed by atoms with van der Waals surface area (Å²) in [5, 5.41) is 9.27. The van der Waals surface area contributed by atoms with Gasteiger partial charge in [-0.25, -0.2) is 0 Å². The first-order chi connectivity index (χ1) is 6.60. The van der Waals surface area contributed by atoms with E-state index in [1.165, 1.54) is 19.2 Å². The van der Waals surface area contributed by atoms with Crippen molar-refractivity contribution in [3.05, 3.63) is 27.7 Å². The van der Waals surface area contributed by atoms with E-state index in [1.54, 1.807) is 0 Å². The van der Waals surface area contributed by atoms with Gasteiger partial charge in [0.15, 0.2) is 5.78 Å². The van der Waals surface area contributed by atoms with Gasteiger partial charge in [0.1, 0.15) is 12.4 Å². The Morgan fingerprint density at radius 2 is 2.14 bits per heavy atom. The maximum Gasteiger partial charge on any atom is 0.191 e. The van der Waals surface area contributed by atoms with Crippen LogP contribution in [0.1, 0.15) is 10.4 Å². The minimum absolute atomic E-state index is 0.188. The summed E-state index contributed by atoms with van der Waals surface area (Å²) in [6.45, 7) is -0.604. The summed E-state index contributed by atoms with van der Waals surface area (Å²) in [4.78, 5) is 11.3. The molecule has 0 radical (unpaired) electrons. The predicted octanol–water partition coefficient (Wildman–Crippen LogP) is 2.18.